The molecule has 0 radical (unpaired) electrons. The summed E-state index contributed by atoms with van der Waals surface area (Å²) in [6, 6.07) is 8.59. The van der Waals surface area contributed by atoms with Crippen LogP contribution in [0.4, 0.5) is 5.82 Å². The topological polar surface area (TPSA) is 102 Å². The van der Waals surface area contributed by atoms with Crippen LogP contribution in [0, 0.1) is 0 Å². The van der Waals surface area contributed by atoms with E-state index in [1.165, 1.54) is 30.8 Å². The standard InChI is InChI=1S/C23H24ClN5O3S/c1-14(32-2)21-23(31)28(12-15-3-6-17-18(11-15)26-13-27-22(17)25)9-10-29(21)20(30)8-5-16-4-7-19(24)33-16/h3-8,11,13-14,21H,9-10,12H2,1-2H3,(H2,25,26,27)/t14-,21+/m1/s1. The second-order valence-electron chi connectivity index (χ2n) is 7.76. The van der Waals surface area contributed by atoms with E-state index in [4.69, 9.17) is 22.1 Å². The van der Waals surface area contributed by atoms with Crippen molar-refractivity contribution in [2.75, 3.05) is 25.9 Å². The molecule has 0 unspecified atom stereocenters. The first kappa shape index (κ1) is 23.2. The van der Waals surface area contributed by atoms with Crippen molar-refractivity contribution >= 4 is 57.5 Å². The number of nitrogens with two attached hydrogens (primary N) is 1. The van der Waals surface area contributed by atoms with E-state index in [9.17, 15) is 9.59 Å². The Balaban J connectivity index is 1.52. The minimum atomic E-state index is -0.716. The van der Waals surface area contributed by atoms with Crippen LogP contribution in [0.25, 0.3) is 17.0 Å². The molecule has 0 aliphatic carbocycles. The number of thiophene rings is 1. The first-order valence-corrected chi connectivity index (χ1v) is 11.6. The molecule has 2 amide bonds. The van der Waals surface area contributed by atoms with Gasteiger partial charge in [0, 0.05) is 43.1 Å². The Hall–Kier alpha value is -3.01. The van der Waals surface area contributed by atoms with Crippen molar-refractivity contribution in [3.63, 3.8) is 0 Å². The smallest absolute Gasteiger partial charge is 0.248 e. The number of carbonyl (C=O) groups is 2. The van der Waals surface area contributed by atoms with Crippen molar-refractivity contribution < 1.29 is 14.3 Å². The number of carbonyl (C=O) groups excluding carboxylic acids is 2. The predicted octanol–water partition coefficient (Wildman–Crippen LogP) is 3.21. The molecule has 2 aromatic heterocycles. The van der Waals surface area contributed by atoms with Gasteiger partial charge >= 0.3 is 0 Å². The molecular weight excluding hydrogens is 462 g/mol. The zero-order valence-corrected chi connectivity index (χ0v) is 19.8. The Morgan fingerprint density at radius 1 is 1.33 bits per heavy atom. The summed E-state index contributed by atoms with van der Waals surface area (Å²) >= 11 is 7.34. The average molecular weight is 486 g/mol. The lowest BCUT2D eigenvalue weighted by atomic mass is 10.0. The second-order valence-corrected chi connectivity index (χ2v) is 9.51. The maximum absolute atomic E-state index is 13.4. The lowest BCUT2D eigenvalue weighted by molar-refractivity contribution is -0.155. The molecule has 33 heavy (non-hydrogen) atoms. The normalized spacial score (nSPS) is 17.8. The van der Waals surface area contributed by atoms with Crippen LogP contribution in [-0.2, 0) is 20.9 Å². The van der Waals surface area contributed by atoms with Crippen LogP contribution >= 0.6 is 22.9 Å². The lowest BCUT2D eigenvalue weighted by Gasteiger charge is -2.42. The summed E-state index contributed by atoms with van der Waals surface area (Å²) in [4.78, 5) is 38.8. The highest BCUT2D eigenvalue weighted by atomic mass is 35.5. The van der Waals surface area contributed by atoms with Gasteiger partial charge in [-0.25, -0.2) is 9.97 Å². The third-order valence-electron chi connectivity index (χ3n) is 5.70. The summed E-state index contributed by atoms with van der Waals surface area (Å²) in [5, 5.41) is 0.771. The average Bonchev–Trinajstić information content (AvgIpc) is 3.23. The summed E-state index contributed by atoms with van der Waals surface area (Å²) < 4.78 is 6.12. The minimum absolute atomic E-state index is 0.154. The highest BCUT2D eigenvalue weighted by Crippen LogP contribution is 2.24. The van der Waals surface area contributed by atoms with Gasteiger partial charge in [-0.15, -0.1) is 11.3 Å². The Bertz CT molecular complexity index is 1210. The predicted molar refractivity (Wildman–Crippen MR) is 130 cm³/mol. The Labute approximate surface area is 200 Å². The van der Waals surface area contributed by atoms with Crippen LogP contribution in [-0.4, -0.2) is 63.9 Å². The molecule has 3 aromatic rings. The van der Waals surface area contributed by atoms with Crippen LogP contribution in [0.5, 0.6) is 0 Å². The van der Waals surface area contributed by atoms with Crippen molar-refractivity contribution in [3.8, 4) is 0 Å². The number of halogens is 1. The van der Waals surface area contributed by atoms with Crippen molar-refractivity contribution in [1.29, 1.82) is 0 Å². The van der Waals surface area contributed by atoms with Gasteiger partial charge in [0.1, 0.15) is 18.2 Å². The van der Waals surface area contributed by atoms with Crippen LogP contribution in [0.2, 0.25) is 4.34 Å². The van der Waals surface area contributed by atoms with Gasteiger partial charge in [0.05, 0.1) is 16.0 Å². The lowest BCUT2D eigenvalue weighted by Crippen LogP contribution is -2.62. The number of benzene rings is 1. The molecule has 8 nitrogen and oxygen atoms in total. The van der Waals surface area contributed by atoms with E-state index in [0.29, 0.717) is 29.8 Å². The molecule has 10 heteroatoms. The van der Waals surface area contributed by atoms with E-state index >= 15 is 0 Å². The molecule has 0 spiro atoms. The van der Waals surface area contributed by atoms with Crippen LogP contribution < -0.4 is 5.73 Å². The first-order chi connectivity index (χ1) is 15.9. The number of hydrogen-bond acceptors (Lipinski definition) is 7. The van der Waals surface area contributed by atoms with Gasteiger partial charge in [0.25, 0.3) is 0 Å². The van der Waals surface area contributed by atoms with E-state index in [1.807, 2.05) is 24.3 Å². The van der Waals surface area contributed by atoms with Gasteiger partial charge in [0.2, 0.25) is 11.8 Å². The highest BCUT2D eigenvalue weighted by molar-refractivity contribution is 7.17. The van der Waals surface area contributed by atoms with Crippen molar-refractivity contribution in [3.05, 3.63) is 57.5 Å². The number of piperazine rings is 1. The van der Waals surface area contributed by atoms with Crippen LogP contribution in [0.15, 0.2) is 42.7 Å². The van der Waals surface area contributed by atoms with E-state index in [2.05, 4.69) is 9.97 Å². The number of amides is 2. The largest absolute Gasteiger partial charge is 0.383 e. The molecule has 1 aromatic carbocycles. The summed E-state index contributed by atoms with van der Waals surface area (Å²) in [5.74, 6) is 0.0275. The molecule has 1 aliphatic heterocycles. The fourth-order valence-corrected chi connectivity index (χ4v) is 4.86. The van der Waals surface area contributed by atoms with Crippen molar-refractivity contribution in [2.45, 2.75) is 25.6 Å². The second kappa shape index (κ2) is 9.86. The number of ether oxygens (including phenoxy) is 1. The van der Waals surface area contributed by atoms with E-state index in [0.717, 1.165) is 21.3 Å². The molecule has 0 saturated carbocycles. The van der Waals surface area contributed by atoms with Crippen molar-refractivity contribution in [2.24, 2.45) is 0 Å². The van der Waals surface area contributed by atoms with Gasteiger partial charge in [-0.3, -0.25) is 9.59 Å². The zero-order valence-electron chi connectivity index (χ0n) is 18.3. The number of nitrogens with zero attached hydrogens (tertiary/aromatic N) is 4. The maximum atomic E-state index is 13.4. The van der Waals surface area contributed by atoms with Crippen LogP contribution in [0.1, 0.15) is 17.4 Å². The van der Waals surface area contributed by atoms with Crippen LogP contribution in [0.3, 0.4) is 0 Å². The summed E-state index contributed by atoms with van der Waals surface area (Å²) in [5.41, 5.74) is 7.55. The molecule has 0 bridgehead atoms. The third kappa shape index (κ3) is 5.00. The monoisotopic (exact) mass is 485 g/mol. The minimum Gasteiger partial charge on any atom is -0.383 e. The maximum Gasteiger partial charge on any atom is 0.248 e. The number of rotatable bonds is 6. The Morgan fingerprint density at radius 3 is 2.88 bits per heavy atom. The summed E-state index contributed by atoms with van der Waals surface area (Å²) in [6.45, 7) is 3.02. The molecule has 172 valence electrons. The fraction of sp³-hybridized carbons (Fsp3) is 0.304. The number of fused-ring (bicyclic) bond motifs is 1. The number of aromatic nitrogens is 2. The highest BCUT2D eigenvalue weighted by Gasteiger charge is 2.40. The molecule has 2 N–H and O–H groups in total. The zero-order chi connectivity index (χ0) is 23.5. The third-order valence-corrected chi connectivity index (χ3v) is 6.90. The van der Waals surface area contributed by atoms with Gasteiger partial charge in [-0.1, -0.05) is 17.7 Å². The SMILES string of the molecule is CO[C@H](C)[C@H]1C(=O)N(Cc2ccc3c(N)ncnc3c2)CCN1C(=O)C=Cc1ccc(Cl)s1. The molecular formula is C23H24ClN5O3S. The first-order valence-electron chi connectivity index (χ1n) is 10.4. The van der Waals surface area contributed by atoms with Gasteiger partial charge in [-0.05, 0) is 42.8 Å². The number of nitrogen functional groups attached to an aromatic ring is 1. The number of hydrogen-bond donors (Lipinski definition) is 1. The Kier molecular flexibility index (Phi) is 6.92. The van der Waals surface area contributed by atoms with E-state index in [-0.39, 0.29) is 11.8 Å². The molecule has 2 atom stereocenters. The molecule has 1 aliphatic rings. The molecule has 1 fully saturated rings. The van der Waals surface area contributed by atoms with Gasteiger partial charge in [-0.2, -0.15) is 0 Å². The van der Waals surface area contributed by atoms with Crippen molar-refractivity contribution in [1.82, 2.24) is 19.8 Å². The van der Waals surface area contributed by atoms with Gasteiger partial charge in [0.15, 0.2) is 0 Å². The van der Waals surface area contributed by atoms with E-state index < -0.39 is 12.1 Å². The quantitative estimate of drug-likeness (QED) is 0.538. The summed E-state index contributed by atoms with van der Waals surface area (Å²) in [7, 11) is 1.54. The molecule has 3 heterocycles. The number of anilines is 1. The summed E-state index contributed by atoms with van der Waals surface area (Å²) in [6.07, 6.45) is 4.16. The van der Waals surface area contributed by atoms with Gasteiger partial charge < -0.3 is 20.3 Å². The number of methoxy groups -OCH3 is 1. The van der Waals surface area contributed by atoms with E-state index in [1.54, 1.807) is 28.9 Å². The fourth-order valence-electron chi connectivity index (χ4n) is 3.89. The molecule has 4 rings (SSSR count). The molecule has 1 saturated heterocycles. The Morgan fingerprint density at radius 2 is 2.15 bits per heavy atom.